The van der Waals surface area contributed by atoms with Crippen LogP contribution in [-0.2, 0) is 35.0 Å². The monoisotopic (exact) mass is 546 g/mol. The molecule has 0 aliphatic carbocycles. The maximum atomic E-state index is 11.8. The predicted molar refractivity (Wildman–Crippen MR) is 142 cm³/mol. The molecule has 39 heavy (non-hydrogen) atoms. The van der Waals surface area contributed by atoms with Gasteiger partial charge in [0.2, 0.25) is 0 Å². The third-order valence-electron chi connectivity index (χ3n) is 7.77. The first-order valence-corrected chi connectivity index (χ1v) is 14.3. The number of unbranched alkanes of at least 4 members (excludes halogenated alkanes) is 6. The summed E-state index contributed by atoms with van der Waals surface area (Å²) in [6.07, 6.45) is 11.8. The Morgan fingerprint density at radius 1 is 1.05 bits per heavy atom. The molecule has 0 aromatic heterocycles. The molecule has 0 radical (unpaired) electrons. The molecule has 0 saturated carbocycles. The van der Waals surface area contributed by atoms with E-state index in [1.54, 1.807) is 12.1 Å². The summed E-state index contributed by atoms with van der Waals surface area (Å²) in [5, 5.41) is 29.6. The van der Waals surface area contributed by atoms with Gasteiger partial charge in [0.15, 0.2) is 17.3 Å². The van der Waals surface area contributed by atoms with Crippen LogP contribution in [0.4, 0.5) is 0 Å². The lowest BCUT2D eigenvalue weighted by Gasteiger charge is -2.41. The molecular formula is C30H42O9. The summed E-state index contributed by atoms with van der Waals surface area (Å²) >= 11 is 0. The molecule has 3 heterocycles. The summed E-state index contributed by atoms with van der Waals surface area (Å²) in [6.45, 7) is 1.41. The van der Waals surface area contributed by atoms with E-state index in [0.717, 1.165) is 63.4 Å². The number of carbonyl (C=O) groups excluding carboxylic acids is 2. The molecular weight excluding hydrogens is 504 g/mol. The van der Waals surface area contributed by atoms with Crippen molar-refractivity contribution in [3.63, 3.8) is 0 Å². The zero-order valence-corrected chi connectivity index (χ0v) is 22.8. The van der Waals surface area contributed by atoms with Crippen LogP contribution in [0.1, 0.15) is 89.5 Å². The Bertz CT molecular complexity index is 1010. The number of benzene rings is 1. The first-order valence-electron chi connectivity index (χ1n) is 14.3. The summed E-state index contributed by atoms with van der Waals surface area (Å²) in [5.74, 6) is -1.88. The number of hydrogen-bond acceptors (Lipinski definition) is 9. The minimum Gasteiger partial charge on any atom is -0.504 e. The number of fused-ring (bicyclic) bond motifs is 1. The smallest absolute Gasteiger partial charge is 0.330 e. The van der Waals surface area contributed by atoms with Gasteiger partial charge in [0.1, 0.15) is 18.3 Å². The first kappa shape index (κ1) is 29.4. The highest BCUT2D eigenvalue weighted by atomic mass is 16.7. The average molecular weight is 547 g/mol. The lowest BCUT2D eigenvalue weighted by Crippen LogP contribution is -2.47. The number of aryl methyl sites for hydroxylation is 1. The van der Waals surface area contributed by atoms with Crippen molar-refractivity contribution in [1.29, 1.82) is 0 Å². The van der Waals surface area contributed by atoms with E-state index in [0.29, 0.717) is 25.7 Å². The minimum atomic E-state index is -1.00. The van der Waals surface area contributed by atoms with Crippen LogP contribution in [0.3, 0.4) is 0 Å². The third kappa shape index (κ3) is 8.68. The average Bonchev–Trinajstić information content (AvgIpc) is 3.19. The maximum Gasteiger partial charge on any atom is 0.330 e. The molecule has 216 valence electrons. The van der Waals surface area contributed by atoms with Gasteiger partial charge in [-0.2, -0.15) is 0 Å². The lowest BCUT2D eigenvalue weighted by molar-refractivity contribution is -0.285. The highest BCUT2D eigenvalue weighted by Gasteiger charge is 2.53. The zero-order valence-electron chi connectivity index (χ0n) is 22.8. The molecule has 3 N–H and O–H groups in total. The Balaban J connectivity index is 1.15. The van der Waals surface area contributed by atoms with Crippen LogP contribution in [0, 0.1) is 0 Å². The number of carbonyl (C=O) groups is 2. The molecule has 2 saturated heterocycles. The maximum absolute atomic E-state index is 11.8. The van der Waals surface area contributed by atoms with Crippen LogP contribution >= 0.6 is 0 Å². The second-order valence-corrected chi connectivity index (χ2v) is 11.2. The molecule has 9 heteroatoms. The van der Waals surface area contributed by atoms with E-state index in [1.165, 1.54) is 19.1 Å². The molecule has 1 aromatic rings. The van der Waals surface area contributed by atoms with Gasteiger partial charge in [0, 0.05) is 32.3 Å². The first-order chi connectivity index (χ1) is 18.7. The molecule has 4 rings (SSSR count). The van der Waals surface area contributed by atoms with Crippen molar-refractivity contribution in [1.82, 2.24) is 0 Å². The summed E-state index contributed by atoms with van der Waals surface area (Å²) in [7, 11) is 0. The van der Waals surface area contributed by atoms with Crippen LogP contribution in [0.15, 0.2) is 30.4 Å². The van der Waals surface area contributed by atoms with Gasteiger partial charge in [-0.15, -0.1) is 0 Å². The number of aliphatic hydroxyl groups is 1. The van der Waals surface area contributed by atoms with E-state index in [1.807, 2.05) is 6.07 Å². The number of esters is 2. The normalized spacial score (nSPS) is 28.7. The third-order valence-corrected chi connectivity index (χ3v) is 7.77. The van der Waals surface area contributed by atoms with Crippen LogP contribution in [0.5, 0.6) is 11.5 Å². The van der Waals surface area contributed by atoms with E-state index in [2.05, 4.69) is 0 Å². The molecule has 1 spiro atoms. The fourth-order valence-corrected chi connectivity index (χ4v) is 5.99. The van der Waals surface area contributed by atoms with Crippen LogP contribution in [0.2, 0.25) is 0 Å². The number of rotatable bonds is 13. The quantitative estimate of drug-likeness (QED) is 0.185. The number of phenols is 2. The van der Waals surface area contributed by atoms with Crippen molar-refractivity contribution in [2.45, 2.75) is 127 Å². The van der Waals surface area contributed by atoms with Crippen molar-refractivity contribution in [2.24, 2.45) is 0 Å². The van der Waals surface area contributed by atoms with Crippen molar-refractivity contribution in [2.75, 3.05) is 0 Å². The van der Waals surface area contributed by atoms with Gasteiger partial charge in [-0.3, -0.25) is 4.79 Å². The van der Waals surface area contributed by atoms with Crippen molar-refractivity contribution in [3.8, 4) is 11.5 Å². The Morgan fingerprint density at radius 2 is 1.79 bits per heavy atom. The highest BCUT2D eigenvalue weighted by Crippen LogP contribution is 2.44. The highest BCUT2D eigenvalue weighted by molar-refractivity contribution is 5.83. The van der Waals surface area contributed by atoms with E-state index in [9.17, 15) is 24.9 Å². The second kappa shape index (κ2) is 13.6. The minimum absolute atomic E-state index is 0.0698. The van der Waals surface area contributed by atoms with Gasteiger partial charge in [0.25, 0.3) is 0 Å². The molecule has 9 nitrogen and oxygen atoms in total. The lowest BCUT2D eigenvalue weighted by atomic mass is 9.92. The van der Waals surface area contributed by atoms with E-state index >= 15 is 0 Å². The Kier molecular flexibility index (Phi) is 10.3. The van der Waals surface area contributed by atoms with Crippen molar-refractivity contribution < 1.29 is 43.9 Å². The molecule has 1 aromatic carbocycles. The Morgan fingerprint density at radius 3 is 2.54 bits per heavy atom. The standard InChI is InChI=1S/C30H42O9/c1-20(31)36-23(10-8-6-4-2-3-5-7-9-21-11-12-25(33)26(34)15-21)17-24-16-22(32)18-30(38-24)19-28-27(39-30)13-14-29(35)37-28/h11-15,22-24,27-28,32-34H,2-10,16-19H2,1H3. The van der Waals surface area contributed by atoms with Gasteiger partial charge in [0.05, 0.1) is 12.2 Å². The van der Waals surface area contributed by atoms with Gasteiger partial charge >= 0.3 is 11.9 Å². The molecule has 3 aliphatic rings. The molecule has 0 amide bonds. The fourth-order valence-electron chi connectivity index (χ4n) is 5.99. The molecule has 6 unspecified atom stereocenters. The van der Waals surface area contributed by atoms with Crippen LogP contribution in [0.25, 0.3) is 0 Å². The summed E-state index contributed by atoms with van der Waals surface area (Å²) < 4.78 is 23.5. The summed E-state index contributed by atoms with van der Waals surface area (Å²) in [4.78, 5) is 23.4. The van der Waals surface area contributed by atoms with Crippen LogP contribution < -0.4 is 0 Å². The summed E-state index contributed by atoms with van der Waals surface area (Å²) in [5.41, 5.74) is 1.03. The fraction of sp³-hybridized carbons (Fsp3) is 0.667. The Hall–Kier alpha value is -2.62. The van der Waals surface area contributed by atoms with E-state index in [-0.39, 0.29) is 35.8 Å². The topological polar surface area (TPSA) is 132 Å². The Labute approximate surface area is 230 Å². The van der Waals surface area contributed by atoms with Crippen LogP contribution in [-0.4, -0.2) is 63.6 Å². The van der Waals surface area contributed by atoms with Gasteiger partial charge in [-0.25, -0.2) is 4.79 Å². The number of ether oxygens (including phenoxy) is 4. The second-order valence-electron chi connectivity index (χ2n) is 11.2. The van der Waals surface area contributed by atoms with Gasteiger partial charge < -0.3 is 34.3 Å². The molecule has 3 aliphatic heterocycles. The SMILES string of the molecule is CC(=O)OC(CCCCCCCCCc1ccc(O)c(O)c1)CC1CC(O)CC2(CC3OC(=O)C=CC3O2)O1. The van der Waals surface area contributed by atoms with Gasteiger partial charge in [-0.1, -0.05) is 38.2 Å². The van der Waals surface area contributed by atoms with Crippen molar-refractivity contribution in [3.05, 3.63) is 35.9 Å². The van der Waals surface area contributed by atoms with Gasteiger partial charge in [-0.05, 0) is 55.9 Å². The summed E-state index contributed by atoms with van der Waals surface area (Å²) in [6, 6.07) is 4.99. The molecule has 0 bridgehead atoms. The largest absolute Gasteiger partial charge is 0.504 e. The van der Waals surface area contributed by atoms with E-state index < -0.39 is 24.0 Å². The van der Waals surface area contributed by atoms with E-state index in [4.69, 9.17) is 18.9 Å². The predicted octanol–water partition coefficient (Wildman–Crippen LogP) is 4.59. The number of aliphatic hydroxyl groups excluding tert-OH is 1. The molecule has 2 fully saturated rings. The zero-order chi connectivity index (χ0) is 27.8. The number of phenolic OH excluding ortho intramolecular Hbond substituents is 2. The van der Waals surface area contributed by atoms with Crippen molar-refractivity contribution >= 4 is 11.9 Å². The number of aromatic hydroxyl groups is 2. The molecule has 6 atom stereocenters. The number of hydrogen-bond donors (Lipinski definition) is 3.